The summed E-state index contributed by atoms with van der Waals surface area (Å²) >= 11 is 3.13. The van der Waals surface area contributed by atoms with Gasteiger partial charge in [-0.05, 0) is 59.3 Å². The van der Waals surface area contributed by atoms with E-state index in [0.717, 1.165) is 18.4 Å². The van der Waals surface area contributed by atoms with Crippen LogP contribution >= 0.6 is 15.9 Å². The van der Waals surface area contributed by atoms with Crippen molar-refractivity contribution in [3.63, 3.8) is 0 Å². The summed E-state index contributed by atoms with van der Waals surface area (Å²) < 4.78 is 13.6. The van der Waals surface area contributed by atoms with Crippen LogP contribution in [0.1, 0.15) is 31.7 Å². The Bertz CT molecular complexity index is 579. The molecule has 0 bridgehead atoms. The van der Waals surface area contributed by atoms with Crippen LogP contribution in [0.2, 0.25) is 0 Å². The monoisotopic (exact) mass is 371 g/mol. The number of amides is 1. The van der Waals surface area contributed by atoms with Gasteiger partial charge in [0, 0.05) is 12.5 Å². The summed E-state index contributed by atoms with van der Waals surface area (Å²) in [5.41, 5.74) is 0.845. The molecule has 1 aliphatic rings. The number of rotatable bonds is 4. The van der Waals surface area contributed by atoms with Gasteiger partial charge in [-0.25, -0.2) is 9.18 Å². The molecule has 120 valence electrons. The largest absolute Gasteiger partial charge is 0.480 e. The molecule has 0 saturated carbocycles. The zero-order valence-electron chi connectivity index (χ0n) is 12.4. The van der Waals surface area contributed by atoms with Crippen LogP contribution in [-0.2, 0) is 16.0 Å². The highest BCUT2D eigenvalue weighted by atomic mass is 79.9. The van der Waals surface area contributed by atoms with Gasteiger partial charge in [-0.3, -0.25) is 4.79 Å². The van der Waals surface area contributed by atoms with Crippen LogP contribution < -0.4 is 0 Å². The lowest BCUT2D eigenvalue weighted by Gasteiger charge is -2.34. The third-order valence-corrected chi connectivity index (χ3v) is 4.63. The highest BCUT2D eigenvalue weighted by Gasteiger charge is 2.33. The first-order valence-corrected chi connectivity index (χ1v) is 8.16. The van der Waals surface area contributed by atoms with E-state index in [-0.39, 0.29) is 17.6 Å². The molecular formula is C16H19BrFNO3. The van der Waals surface area contributed by atoms with Crippen molar-refractivity contribution in [1.29, 1.82) is 0 Å². The first kappa shape index (κ1) is 16.9. The van der Waals surface area contributed by atoms with E-state index in [4.69, 9.17) is 0 Å². The number of carboxylic acid groups (broad SMARTS) is 1. The van der Waals surface area contributed by atoms with Crippen molar-refractivity contribution < 1.29 is 19.1 Å². The predicted octanol–water partition coefficient (Wildman–Crippen LogP) is 3.23. The fraction of sp³-hybridized carbons (Fsp3) is 0.500. The molecule has 22 heavy (non-hydrogen) atoms. The number of aliphatic carboxylic acids is 1. The molecule has 2 rings (SSSR count). The topological polar surface area (TPSA) is 57.6 Å². The summed E-state index contributed by atoms with van der Waals surface area (Å²) in [6.07, 6.45) is 2.64. The third kappa shape index (κ3) is 3.85. The highest BCUT2D eigenvalue weighted by Crippen LogP contribution is 2.23. The van der Waals surface area contributed by atoms with Crippen LogP contribution in [-0.4, -0.2) is 34.5 Å². The Labute approximate surface area is 137 Å². The van der Waals surface area contributed by atoms with E-state index in [1.165, 1.54) is 11.0 Å². The van der Waals surface area contributed by atoms with E-state index in [1.54, 1.807) is 19.1 Å². The zero-order valence-corrected chi connectivity index (χ0v) is 14.0. The first-order valence-electron chi connectivity index (χ1n) is 7.37. The number of hydrogen-bond donors (Lipinski definition) is 1. The molecule has 2 atom stereocenters. The second kappa shape index (κ2) is 7.22. The summed E-state index contributed by atoms with van der Waals surface area (Å²) in [5.74, 6) is -1.76. The van der Waals surface area contributed by atoms with E-state index in [0.29, 0.717) is 23.9 Å². The van der Waals surface area contributed by atoms with Gasteiger partial charge < -0.3 is 10.0 Å². The molecule has 1 aromatic rings. The van der Waals surface area contributed by atoms with Gasteiger partial charge >= 0.3 is 5.97 Å². The summed E-state index contributed by atoms with van der Waals surface area (Å²) in [6, 6.07) is 3.94. The Kier molecular flexibility index (Phi) is 5.56. The van der Waals surface area contributed by atoms with Crippen LogP contribution in [0.3, 0.4) is 0 Å². The lowest BCUT2D eigenvalue weighted by Crippen LogP contribution is -2.50. The minimum absolute atomic E-state index is 0.146. The summed E-state index contributed by atoms with van der Waals surface area (Å²) in [4.78, 5) is 25.3. The van der Waals surface area contributed by atoms with Gasteiger partial charge in [0.25, 0.3) is 0 Å². The number of carbonyl (C=O) groups is 2. The maximum absolute atomic E-state index is 13.2. The summed E-state index contributed by atoms with van der Waals surface area (Å²) in [6.45, 7) is 2.28. The summed E-state index contributed by atoms with van der Waals surface area (Å²) in [7, 11) is 0. The summed E-state index contributed by atoms with van der Waals surface area (Å²) in [5, 5.41) is 9.25. The SMILES string of the molecule is CC(Cc1ccc(F)c(Br)c1)C(=O)N1CCCCC1C(=O)O. The normalized spacial score (nSPS) is 19.8. The molecular weight excluding hydrogens is 353 g/mol. The maximum Gasteiger partial charge on any atom is 0.326 e. The van der Waals surface area contributed by atoms with Gasteiger partial charge in [0.15, 0.2) is 0 Å². The number of nitrogens with zero attached hydrogens (tertiary/aromatic N) is 1. The average molecular weight is 372 g/mol. The van der Waals surface area contributed by atoms with E-state index < -0.39 is 12.0 Å². The third-order valence-electron chi connectivity index (χ3n) is 4.02. The first-order chi connectivity index (χ1) is 10.4. The quantitative estimate of drug-likeness (QED) is 0.883. The number of piperidine rings is 1. The number of halogens is 2. The molecule has 0 radical (unpaired) electrons. The van der Waals surface area contributed by atoms with Crippen molar-refractivity contribution in [1.82, 2.24) is 4.90 Å². The van der Waals surface area contributed by atoms with E-state index in [2.05, 4.69) is 15.9 Å². The second-order valence-corrected chi connectivity index (χ2v) is 6.59. The number of likely N-dealkylation sites (tertiary alicyclic amines) is 1. The van der Waals surface area contributed by atoms with Gasteiger partial charge in [-0.1, -0.05) is 13.0 Å². The molecule has 1 aliphatic heterocycles. The van der Waals surface area contributed by atoms with Crippen LogP contribution in [0.25, 0.3) is 0 Å². The van der Waals surface area contributed by atoms with Crippen molar-refractivity contribution in [3.8, 4) is 0 Å². The van der Waals surface area contributed by atoms with Gasteiger partial charge in [-0.15, -0.1) is 0 Å². The van der Waals surface area contributed by atoms with Crippen molar-refractivity contribution in [2.45, 2.75) is 38.6 Å². The lowest BCUT2D eigenvalue weighted by molar-refractivity contribution is -0.153. The molecule has 6 heteroatoms. The maximum atomic E-state index is 13.2. The standard InChI is InChI=1S/C16H19BrFNO3/c1-10(8-11-5-6-13(18)12(17)9-11)15(20)19-7-3-2-4-14(19)16(21)22/h5-6,9-10,14H,2-4,7-8H2,1H3,(H,21,22). The van der Waals surface area contributed by atoms with Crippen LogP contribution in [0.15, 0.2) is 22.7 Å². The molecule has 1 aromatic carbocycles. The smallest absolute Gasteiger partial charge is 0.326 e. The molecule has 1 fully saturated rings. The van der Waals surface area contributed by atoms with Gasteiger partial charge in [0.1, 0.15) is 11.9 Å². The Morgan fingerprint density at radius 2 is 2.18 bits per heavy atom. The van der Waals surface area contributed by atoms with Gasteiger partial charge in [0.05, 0.1) is 4.47 Å². The van der Waals surface area contributed by atoms with Crippen LogP contribution in [0.4, 0.5) is 4.39 Å². The second-order valence-electron chi connectivity index (χ2n) is 5.74. The molecule has 1 amide bonds. The lowest BCUT2D eigenvalue weighted by atomic mass is 9.96. The molecule has 1 N–H and O–H groups in total. The van der Waals surface area contributed by atoms with Gasteiger partial charge in [-0.2, -0.15) is 0 Å². The Hall–Kier alpha value is -1.43. The number of benzene rings is 1. The highest BCUT2D eigenvalue weighted by molar-refractivity contribution is 9.10. The average Bonchev–Trinajstić information content (AvgIpc) is 2.50. The van der Waals surface area contributed by atoms with Crippen LogP contribution in [0.5, 0.6) is 0 Å². The molecule has 0 spiro atoms. The fourth-order valence-electron chi connectivity index (χ4n) is 2.84. The minimum Gasteiger partial charge on any atom is -0.480 e. The van der Waals surface area contributed by atoms with Crippen molar-refractivity contribution in [2.24, 2.45) is 5.92 Å². The fourth-order valence-corrected chi connectivity index (χ4v) is 3.27. The molecule has 0 aliphatic carbocycles. The molecule has 4 nitrogen and oxygen atoms in total. The number of carboxylic acids is 1. The Morgan fingerprint density at radius 1 is 1.45 bits per heavy atom. The zero-order chi connectivity index (χ0) is 16.3. The van der Waals surface area contributed by atoms with E-state index in [9.17, 15) is 19.1 Å². The minimum atomic E-state index is -0.940. The van der Waals surface area contributed by atoms with Crippen molar-refractivity contribution in [2.75, 3.05) is 6.54 Å². The molecule has 1 saturated heterocycles. The molecule has 0 aromatic heterocycles. The predicted molar refractivity (Wildman–Crippen MR) is 84.0 cm³/mol. The molecule has 2 unspecified atom stereocenters. The Morgan fingerprint density at radius 3 is 2.82 bits per heavy atom. The van der Waals surface area contributed by atoms with Crippen LogP contribution in [0, 0.1) is 11.7 Å². The van der Waals surface area contributed by atoms with E-state index in [1.807, 2.05) is 0 Å². The Balaban J connectivity index is 2.07. The number of hydrogen-bond acceptors (Lipinski definition) is 2. The van der Waals surface area contributed by atoms with Crippen molar-refractivity contribution >= 4 is 27.8 Å². The number of carbonyl (C=O) groups excluding carboxylic acids is 1. The van der Waals surface area contributed by atoms with Crippen molar-refractivity contribution in [3.05, 3.63) is 34.1 Å². The van der Waals surface area contributed by atoms with Gasteiger partial charge in [0.2, 0.25) is 5.91 Å². The molecule has 1 heterocycles. The van der Waals surface area contributed by atoms with E-state index >= 15 is 0 Å².